The zero-order chi connectivity index (χ0) is 21.3. The van der Waals surface area contributed by atoms with Gasteiger partial charge in [0.15, 0.2) is 11.5 Å². The Hall–Kier alpha value is -2.28. The summed E-state index contributed by atoms with van der Waals surface area (Å²) >= 11 is 0. The molecule has 30 heavy (non-hydrogen) atoms. The molecule has 1 aliphatic heterocycles. The Kier molecular flexibility index (Phi) is 8.37. The van der Waals surface area contributed by atoms with E-state index in [-0.39, 0.29) is 12.6 Å². The van der Waals surface area contributed by atoms with Crippen molar-refractivity contribution in [2.45, 2.75) is 32.5 Å². The van der Waals surface area contributed by atoms with Crippen molar-refractivity contribution in [1.82, 2.24) is 9.80 Å². The third-order valence-corrected chi connectivity index (χ3v) is 5.68. The minimum atomic E-state index is 0.185. The molecule has 0 radical (unpaired) electrons. The van der Waals surface area contributed by atoms with Gasteiger partial charge in [0.2, 0.25) is 0 Å². The summed E-state index contributed by atoms with van der Waals surface area (Å²) in [5.74, 6) is 2.51. The van der Waals surface area contributed by atoms with Gasteiger partial charge >= 0.3 is 0 Å². The number of hydrogen-bond acceptors (Lipinski definition) is 6. The van der Waals surface area contributed by atoms with Crippen molar-refractivity contribution in [3.05, 3.63) is 53.6 Å². The highest BCUT2D eigenvalue weighted by Crippen LogP contribution is 2.32. The molecule has 6 nitrogen and oxygen atoms in total. The number of aliphatic hydroxyl groups is 1. The molecule has 1 atom stereocenters. The van der Waals surface area contributed by atoms with E-state index in [4.69, 9.17) is 14.2 Å². The van der Waals surface area contributed by atoms with E-state index in [1.165, 1.54) is 5.56 Å². The third-order valence-electron chi connectivity index (χ3n) is 5.68. The minimum Gasteiger partial charge on any atom is -0.494 e. The highest BCUT2D eigenvalue weighted by Gasteiger charge is 2.28. The molecule has 0 bridgehead atoms. The average Bonchev–Trinajstić information content (AvgIpc) is 2.77. The standard InChI is InChI=1S/C24H34N2O4/c1-4-30-22-10-6-5-8-19(22)17-26-14-13-25(18-21(26)12-15-27)16-20-9-7-11-23(28-2)24(20)29-3/h5-11,21,27H,4,12-18H2,1-3H3/t21-/m0/s1. The minimum absolute atomic E-state index is 0.185. The van der Waals surface area contributed by atoms with Gasteiger partial charge in [0.25, 0.3) is 0 Å². The largest absolute Gasteiger partial charge is 0.494 e. The maximum atomic E-state index is 9.66. The highest BCUT2D eigenvalue weighted by molar-refractivity contribution is 5.46. The van der Waals surface area contributed by atoms with E-state index < -0.39 is 0 Å². The first-order valence-corrected chi connectivity index (χ1v) is 10.7. The summed E-state index contributed by atoms with van der Waals surface area (Å²) in [6.45, 7) is 7.28. The van der Waals surface area contributed by atoms with Crippen LogP contribution in [0.15, 0.2) is 42.5 Å². The van der Waals surface area contributed by atoms with Crippen LogP contribution >= 0.6 is 0 Å². The number of methoxy groups -OCH3 is 2. The van der Waals surface area contributed by atoms with Gasteiger partial charge in [-0.25, -0.2) is 0 Å². The maximum Gasteiger partial charge on any atom is 0.165 e. The molecule has 0 aromatic heterocycles. The van der Waals surface area contributed by atoms with Crippen molar-refractivity contribution < 1.29 is 19.3 Å². The van der Waals surface area contributed by atoms with Crippen LogP contribution in [0.25, 0.3) is 0 Å². The molecule has 0 aliphatic carbocycles. The van der Waals surface area contributed by atoms with E-state index in [2.05, 4.69) is 28.0 Å². The van der Waals surface area contributed by atoms with Crippen LogP contribution < -0.4 is 14.2 Å². The molecule has 0 amide bonds. The lowest BCUT2D eigenvalue weighted by atomic mass is 10.1. The van der Waals surface area contributed by atoms with Crippen LogP contribution in [0, 0.1) is 0 Å². The Labute approximate surface area is 180 Å². The second-order valence-corrected chi connectivity index (χ2v) is 7.57. The van der Waals surface area contributed by atoms with E-state index in [9.17, 15) is 5.11 Å². The van der Waals surface area contributed by atoms with Crippen molar-refractivity contribution in [3.63, 3.8) is 0 Å². The van der Waals surface area contributed by atoms with E-state index in [0.717, 1.165) is 62.0 Å². The summed E-state index contributed by atoms with van der Waals surface area (Å²) in [5.41, 5.74) is 2.32. The van der Waals surface area contributed by atoms with Gasteiger partial charge in [-0.05, 0) is 25.5 Å². The Balaban J connectivity index is 1.70. The van der Waals surface area contributed by atoms with Gasteiger partial charge < -0.3 is 19.3 Å². The Morgan fingerprint density at radius 2 is 1.70 bits per heavy atom. The molecule has 1 N–H and O–H groups in total. The van der Waals surface area contributed by atoms with Crippen LogP contribution in [0.3, 0.4) is 0 Å². The number of ether oxygens (including phenoxy) is 3. The average molecular weight is 415 g/mol. The number of rotatable bonds is 10. The molecule has 2 aromatic carbocycles. The Morgan fingerprint density at radius 3 is 2.43 bits per heavy atom. The van der Waals surface area contributed by atoms with Crippen molar-refractivity contribution in [2.75, 3.05) is 47.1 Å². The van der Waals surface area contributed by atoms with Crippen LogP contribution in [0.5, 0.6) is 17.2 Å². The number of piperazine rings is 1. The molecule has 1 heterocycles. The summed E-state index contributed by atoms with van der Waals surface area (Å²) in [5, 5.41) is 9.66. The van der Waals surface area contributed by atoms with Crippen LogP contribution in [0.2, 0.25) is 0 Å². The topological polar surface area (TPSA) is 54.4 Å². The summed E-state index contributed by atoms with van der Waals surface area (Å²) in [6.07, 6.45) is 0.753. The number of benzene rings is 2. The fourth-order valence-corrected chi connectivity index (χ4v) is 4.20. The number of para-hydroxylation sites is 2. The number of nitrogens with zero attached hydrogens (tertiary/aromatic N) is 2. The normalized spacial score (nSPS) is 17.7. The van der Waals surface area contributed by atoms with Gasteiger partial charge in [0.05, 0.1) is 20.8 Å². The van der Waals surface area contributed by atoms with E-state index in [0.29, 0.717) is 6.61 Å². The quantitative estimate of drug-likeness (QED) is 0.645. The molecule has 0 saturated carbocycles. The molecule has 0 spiro atoms. The molecule has 164 valence electrons. The van der Waals surface area contributed by atoms with Crippen molar-refractivity contribution >= 4 is 0 Å². The fourth-order valence-electron chi connectivity index (χ4n) is 4.20. The monoisotopic (exact) mass is 414 g/mol. The van der Waals surface area contributed by atoms with E-state index >= 15 is 0 Å². The Bertz CT molecular complexity index is 799. The van der Waals surface area contributed by atoms with Crippen molar-refractivity contribution in [3.8, 4) is 17.2 Å². The molecule has 1 fully saturated rings. The first-order chi connectivity index (χ1) is 14.7. The van der Waals surface area contributed by atoms with Gasteiger partial charge in [-0.3, -0.25) is 9.80 Å². The second-order valence-electron chi connectivity index (χ2n) is 7.57. The number of hydrogen-bond donors (Lipinski definition) is 1. The van der Waals surface area contributed by atoms with Crippen LogP contribution in [-0.4, -0.2) is 68.0 Å². The van der Waals surface area contributed by atoms with Gasteiger partial charge in [-0.2, -0.15) is 0 Å². The molecular weight excluding hydrogens is 380 g/mol. The predicted octanol–water partition coefficient (Wildman–Crippen LogP) is 3.17. The zero-order valence-corrected chi connectivity index (χ0v) is 18.3. The lowest BCUT2D eigenvalue weighted by molar-refractivity contribution is 0.0490. The van der Waals surface area contributed by atoms with Crippen LogP contribution in [-0.2, 0) is 13.1 Å². The lowest BCUT2D eigenvalue weighted by Gasteiger charge is -2.41. The second kappa shape index (κ2) is 11.2. The molecule has 1 saturated heterocycles. The Morgan fingerprint density at radius 1 is 0.933 bits per heavy atom. The third kappa shape index (κ3) is 5.45. The maximum absolute atomic E-state index is 9.66. The molecule has 1 aliphatic rings. The molecule has 6 heteroatoms. The van der Waals surface area contributed by atoms with E-state index in [1.54, 1.807) is 14.2 Å². The summed E-state index contributed by atoms with van der Waals surface area (Å²) in [7, 11) is 3.35. The molecule has 3 rings (SSSR count). The smallest absolute Gasteiger partial charge is 0.165 e. The highest BCUT2D eigenvalue weighted by atomic mass is 16.5. The van der Waals surface area contributed by atoms with Gasteiger partial charge in [0, 0.05) is 56.5 Å². The zero-order valence-electron chi connectivity index (χ0n) is 18.3. The lowest BCUT2D eigenvalue weighted by Crippen LogP contribution is -2.52. The fraction of sp³-hybridized carbons (Fsp3) is 0.500. The summed E-state index contributed by atoms with van der Waals surface area (Å²) < 4.78 is 16.9. The van der Waals surface area contributed by atoms with Crippen LogP contribution in [0.1, 0.15) is 24.5 Å². The number of aliphatic hydroxyl groups excluding tert-OH is 1. The first kappa shape index (κ1) is 22.4. The van der Waals surface area contributed by atoms with Crippen LogP contribution in [0.4, 0.5) is 0 Å². The van der Waals surface area contributed by atoms with Gasteiger partial charge in [0.1, 0.15) is 5.75 Å². The summed E-state index contributed by atoms with van der Waals surface area (Å²) in [4.78, 5) is 4.90. The first-order valence-electron chi connectivity index (χ1n) is 10.7. The van der Waals surface area contributed by atoms with Gasteiger partial charge in [-0.15, -0.1) is 0 Å². The predicted molar refractivity (Wildman–Crippen MR) is 118 cm³/mol. The SMILES string of the molecule is CCOc1ccccc1CN1CCN(Cc2cccc(OC)c2OC)C[C@@H]1CCO. The summed E-state index contributed by atoms with van der Waals surface area (Å²) in [6, 6.07) is 14.5. The van der Waals surface area contributed by atoms with E-state index in [1.807, 2.05) is 31.2 Å². The van der Waals surface area contributed by atoms with Crippen molar-refractivity contribution in [2.24, 2.45) is 0 Å². The van der Waals surface area contributed by atoms with Gasteiger partial charge in [-0.1, -0.05) is 30.3 Å². The molecule has 0 unspecified atom stereocenters. The molecular formula is C24H34N2O4. The van der Waals surface area contributed by atoms with Crippen molar-refractivity contribution in [1.29, 1.82) is 0 Å². The molecule has 2 aromatic rings.